The van der Waals surface area contributed by atoms with Crippen LogP contribution in [0.25, 0.3) is 0 Å². The highest BCUT2D eigenvalue weighted by Crippen LogP contribution is 2.28. The predicted molar refractivity (Wildman–Crippen MR) is 115 cm³/mol. The lowest BCUT2D eigenvalue weighted by molar-refractivity contribution is -0.125. The number of alkyl halides is 2. The first-order valence-corrected chi connectivity index (χ1v) is 11.1. The number of methoxy groups -OCH3 is 1. The molecule has 1 amide bonds. The molecule has 0 spiro atoms. The van der Waals surface area contributed by atoms with Gasteiger partial charge in [0.2, 0.25) is 5.91 Å². The van der Waals surface area contributed by atoms with Gasteiger partial charge < -0.3 is 15.0 Å². The second kappa shape index (κ2) is 11.6. The van der Waals surface area contributed by atoms with Crippen LogP contribution in [0.3, 0.4) is 0 Å². The molecule has 30 heavy (non-hydrogen) atoms. The minimum absolute atomic E-state index is 0.0194. The molecule has 1 saturated heterocycles. The van der Waals surface area contributed by atoms with Crippen LogP contribution in [0.15, 0.2) is 18.2 Å². The molecule has 5 nitrogen and oxygen atoms in total. The van der Waals surface area contributed by atoms with E-state index in [1.165, 1.54) is 19.3 Å². The van der Waals surface area contributed by atoms with E-state index in [9.17, 15) is 13.6 Å². The number of amides is 1. The number of anilines is 1. The Bertz CT molecular complexity index is 672. The van der Waals surface area contributed by atoms with Crippen molar-refractivity contribution in [3.05, 3.63) is 29.3 Å². The molecule has 2 fully saturated rings. The minimum Gasteiger partial charge on any atom is -0.375 e. The fourth-order valence-electron chi connectivity index (χ4n) is 4.71. The smallest absolute Gasteiger partial charge is 0.246 e. The highest BCUT2D eigenvalue weighted by Gasteiger charge is 2.24. The van der Waals surface area contributed by atoms with Gasteiger partial charge in [-0.25, -0.2) is 8.78 Å². The van der Waals surface area contributed by atoms with Gasteiger partial charge in [-0.05, 0) is 62.3 Å². The van der Waals surface area contributed by atoms with Gasteiger partial charge in [-0.1, -0.05) is 6.07 Å². The first-order valence-electron chi connectivity index (χ1n) is 11.1. The lowest BCUT2D eigenvalue weighted by Gasteiger charge is -2.38. The van der Waals surface area contributed by atoms with E-state index >= 15 is 0 Å². The van der Waals surface area contributed by atoms with Crippen LogP contribution in [0.1, 0.15) is 43.2 Å². The molecule has 0 aromatic heterocycles. The highest BCUT2D eigenvalue weighted by molar-refractivity contribution is 5.77. The molecular weight excluding hydrogens is 388 g/mol. The Kier molecular flexibility index (Phi) is 8.88. The number of benzene rings is 1. The average Bonchev–Trinajstić information content (AvgIpc) is 2.78. The largest absolute Gasteiger partial charge is 0.375 e. The molecule has 1 saturated carbocycles. The average molecular weight is 424 g/mol. The molecule has 1 aromatic rings. The Labute approximate surface area is 178 Å². The van der Waals surface area contributed by atoms with Crippen molar-refractivity contribution < 1.29 is 18.3 Å². The molecule has 2 aliphatic rings. The van der Waals surface area contributed by atoms with Crippen molar-refractivity contribution >= 4 is 11.6 Å². The van der Waals surface area contributed by atoms with Gasteiger partial charge in [0.25, 0.3) is 0 Å². The lowest BCUT2D eigenvalue weighted by atomic mass is 9.84. The molecule has 3 rings (SSSR count). The molecule has 0 bridgehead atoms. The van der Waals surface area contributed by atoms with Gasteiger partial charge in [0.1, 0.15) is 20.0 Å². The number of rotatable bonds is 9. The third-order valence-electron chi connectivity index (χ3n) is 6.50. The van der Waals surface area contributed by atoms with Gasteiger partial charge in [-0.15, -0.1) is 0 Å². The van der Waals surface area contributed by atoms with E-state index in [1.807, 2.05) is 6.07 Å². The summed E-state index contributed by atoms with van der Waals surface area (Å²) in [4.78, 5) is 16.4. The molecule has 1 aliphatic heterocycles. The number of ether oxygens (including phenoxy) is 1. The summed E-state index contributed by atoms with van der Waals surface area (Å²) in [5.41, 5.74) is 2.04. The maximum Gasteiger partial charge on any atom is 0.246 e. The van der Waals surface area contributed by atoms with Crippen LogP contribution in [0.4, 0.5) is 14.5 Å². The number of hydrogen-bond acceptors (Lipinski definition) is 4. The van der Waals surface area contributed by atoms with Gasteiger partial charge in [-0.2, -0.15) is 0 Å². The predicted octanol–water partition coefficient (Wildman–Crippen LogP) is 3.46. The molecule has 0 atom stereocenters. The first kappa shape index (κ1) is 22.9. The lowest BCUT2D eigenvalue weighted by Crippen LogP contribution is -2.47. The van der Waals surface area contributed by atoms with Crippen LogP contribution < -0.4 is 10.2 Å². The molecule has 1 aliphatic carbocycles. The van der Waals surface area contributed by atoms with Crippen molar-refractivity contribution in [3.8, 4) is 0 Å². The number of carbonyl (C=O) groups excluding carboxylic acids is 1. The second-order valence-electron chi connectivity index (χ2n) is 8.57. The third-order valence-corrected chi connectivity index (χ3v) is 6.50. The van der Waals surface area contributed by atoms with Gasteiger partial charge in [0.05, 0.1) is 0 Å². The van der Waals surface area contributed by atoms with Crippen LogP contribution >= 0.6 is 0 Å². The first-order chi connectivity index (χ1) is 14.6. The molecule has 7 heteroatoms. The summed E-state index contributed by atoms with van der Waals surface area (Å²) in [6.45, 7) is 3.81. The summed E-state index contributed by atoms with van der Waals surface area (Å²) in [7, 11) is 1.54. The highest BCUT2D eigenvalue weighted by atomic mass is 19.1. The minimum atomic E-state index is -0.558. The van der Waals surface area contributed by atoms with Gasteiger partial charge in [0.15, 0.2) is 0 Å². The summed E-state index contributed by atoms with van der Waals surface area (Å²) in [6, 6.07) is 5.56. The van der Waals surface area contributed by atoms with E-state index in [-0.39, 0.29) is 12.5 Å². The van der Waals surface area contributed by atoms with Crippen LogP contribution in [-0.2, 0) is 22.9 Å². The number of nitrogens with zero attached hydrogens (tertiary/aromatic N) is 2. The number of nitrogens with one attached hydrogen (secondary N) is 1. The topological polar surface area (TPSA) is 44.8 Å². The summed E-state index contributed by atoms with van der Waals surface area (Å²) in [5, 5.41) is 3.06. The van der Waals surface area contributed by atoms with Crippen molar-refractivity contribution in [2.75, 3.05) is 51.3 Å². The number of carbonyl (C=O) groups is 1. The van der Waals surface area contributed by atoms with E-state index in [0.717, 1.165) is 57.2 Å². The Morgan fingerprint density at radius 3 is 2.47 bits per heavy atom. The Morgan fingerprint density at radius 2 is 1.83 bits per heavy atom. The van der Waals surface area contributed by atoms with Crippen molar-refractivity contribution in [3.63, 3.8) is 0 Å². The number of halogens is 2. The molecule has 168 valence electrons. The van der Waals surface area contributed by atoms with E-state index in [0.29, 0.717) is 17.2 Å². The van der Waals surface area contributed by atoms with E-state index in [1.54, 1.807) is 19.2 Å². The van der Waals surface area contributed by atoms with E-state index in [2.05, 4.69) is 15.1 Å². The molecule has 1 N–H and O–H groups in total. The van der Waals surface area contributed by atoms with Crippen LogP contribution in [0.2, 0.25) is 0 Å². The summed E-state index contributed by atoms with van der Waals surface area (Å²) < 4.78 is 31.1. The summed E-state index contributed by atoms with van der Waals surface area (Å²) in [5.74, 6) is 0.707. The maximum atomic E-state index is 13.4. The van der Waals surface area contributed by atoms with Crippen molar-refractivity contribution in [2.24, 2.45) is 5.92 Å². The van der Waals surface area contributed by atoms with E-state index < -0.39 is 13.3 Å². The van der Waals surface area contributed by atoms with Crippen LogP contribution in [-0.4, -0.2) is 63.3 Å². The van der Waals surface area contributed by atoms with Crippen LogP contribution in [0, 0.1) is 5.92 Å². The maximum absolute atomic E-state index is 13.4. The SMILES string of the molecule is COCC(=O)NC1CCC(CCN2CCN(c3ccc(CF)cc3CF)CC2)CC1. The Morgan fingerprint density at radius 1 is 1.10 bits per heavy atom. The van der Waals surface area contributed by atoms with Crippen LogP contribution in [0.5, 0.6) is 0 Å². The van der Waals surface area contributed by atoms with E-state index in [4.69, 9.17) is 4.74 Å². The summed E-state index contributed by atoms with van der Waals surface area (Å²) >= 11 is 0. The zero-order chi connectivity index (χ0) is 21.3. The molecule has 0 unspecified atom stereocenters. The standard InChI is InChI=1S/C23H35F2N3O2/c1-30-17-23(29)26-21-5-2-18(3-6-21)8-9-27-10-12-28(13-11-27)22-7-4-19(15-24)14-20(22)16-25/h4,7,14,18,21H,2-3,5-6,8-13,15-17H2,1H3,(H,26,29). The fraction of sp³-hybridized carbons (Fsp3) is 0.696. The normalized spacial score (nSPS) is 22.8. The van der Waals surface area contributed by atoms with Gasteiger partial charge >= 0.3 is 0 Å². The third kappa shape index (κ3) is 6.38. The fourth-order valence-corrected chi connectivity index (χ4v) is 4.71. The monoisotopic (exact) mass is 423 g/mol. The molecule has 1 heterocycles. The molecule has 0 radical (unpaired) electrons. The number of hydrogen-bond donors (Lipinski definition) is 1. The van der Waals surface area contributed by atoms with Crippen molar-refractivity contribution in [2.45, 2.75) is 51.5 Å². The number of piperazine rings is 1. The molecule has 1 aromatic carbocycles. The van der Waals surface area contributed by atoms with Gasteiger partial charge in [-0.3, -0.25) is 9.69 Å². The second-order valence-corrected chi connectivity index (χ2v) is 8.57. The summed E-state index contributed by atoms with van der Waals surface area (Å²) in [6.07, 6.45) is 5.63. The Hall–Kier alpha value is -1.73. The Balaban J connectivity index is 1.37. The quantitative estimate of drug-likeness (QED) is 0.661. The molecular formula is C23H35F2N3O2. The van der Waals surface area contributed by atoms with Crippen molar-refractivity contribution in [1.29, 1.82) is 0 Å². The zero-order valence-corrected chi connectivity index (χ0v) is 18.0. The van der Waals surface area contributed by atoms with Crippen molar-refractivity contribution in [1.82, 2.24) is 10.2 Å². The zero-order valence-electron chi connectivity index (χ0n) is 18.0. The van der Waals surface area contributed by atoms with Gasteiger partial charge in [0, 0.05) is 50.6 Å².